The molecule has 0 spiro atoms. The quantitative estimate of drug-likeness (QED) is 0.827. The summed E-state index contributed by atoms with van der Waals surface area (Å²) in [5, 5.41) is 2.22. The number of rotatable bonds is 3. The summed E-state index contributed by atoms with van der Waals surface area (Å²) in [6.07, 6.45) is -7.11. The number of nitrogens with one attached hydrogen (secondary N) is 1. The molecule has 0 saturated carbocycles. The highest BCUT2D eigenvalue weighted by molar-refractivity contribution is 9.10. The standard InChI is InChI=1S/C9H7BrF5N/c10-6-1-5(9(13,14)15)2-7(3-6)16-4-8(11)12/h1-3,8,16H,4H2. The molecule has 1 aromatic carbocycles. The van der Waals surface area contributed by atoms with Gasteiger partial charge in [0.05, 0.1) is 12.1 Å². The molecule has 16 heavy (non-hydrogen) atoms. The minimum atomic E-state index is -4.49. The maximum atomic E-state index is 12.3. The SMILES string of the molecule is FC(F)CNc1cc(Br)cc(C(F)(F)F)c1. The monoisotopic (exact) mass is 303 g/mol. The van der Waals surface area contributed by atoms with E-state index in [1.54, 1.807) is 0 Å². The van der Waals surface area contributed by atoms with Gasteiger partial charge in [0.2, 0.25) is 0 Å². The normalized spacial score (nSPS) is 11.9. The van der Waals surface area contributed by atoms with Crippen molar-refractivity contribution in [1.29, 1.82) is 0 Å². The Hall–Kier alpha value is -0.850. The minimum Gasteiger partial charge on any atom is -0.379 e. The van der Waals surface area contributed by atoms with Crippen LogP contribution in [0.4, 0.5) is 27.6 Å². The molecule has 0 aliphatic heterocycles. The van der Waals surface area contributed by atoms with Crippen molar-refractivity contribution in [2.24, 2.45) is 0 Å². The van der Waals surface area contributed by atoms with Gasteiger partial charge in [-0.3, -0.25) is 0 Å². The Labute approximate surface area is 96.8 Å². The molecule has 1 aromatic rings. The summed E-state index contributed by atoms with van der Waals surface area (Å²) >= 11 is 2.88. The van der Waals surface area contributed by atoms with E-state index in [0.717, 1.165) is 12.1 Å². The van der Waals surface area contributed by atoms with Crippen LogP contribution in [0.2, 0.25) is 0 Å². The van der Waals surface area contributed by atoms with Crippen LogP contribution >= 0.6 is 15.9 Å². The summed E-state index contributed by atoms with van der Waals surface area (Å²) in [6, 6.07) is 2.97. The van der Waals surface area contributed by atoms with Crippen LogP contribution < -0.4 is 5.32 Å². The Morgan fingerprint density at radius 2 is 1.81 bits per heavy atom. The molecule has 7 heteroatoms. The highest BCUT2D eigenvalue weighted by atomic mass is 79.9. The zero-order valence-corrected chi connectivity index (χ0v) is 9.37. The molecule has 1 rings (SSSR count). The largest absolute Gasteiger partial charge is 0.416 e. The van der Waals surface area contributed by atoms with Gasteiger partial charge in [0.25, 0.3) is 6.43 Å². The van der Waals surface area contributed by atoms with Crippen LogP contribution in [-0.2, 0) is 6.18 Å². The molecule has 0 heterocycles. The van der Waals surface area contributed by atoms with Crippen molar-refractivity contribution in [2.75, 3.05) is 11.9 Å². The van der Waals surface area contributed by atoms with Crippen molar-refractivity contribution in [3.63, 3.8) is 0 Å². The average Bonchev–Trinajstić information content (AvgIpc) is 2.12. The minimum absolute atomic E-state index is 0.00185. The van der Waals surface area contributed by atoms with E-state index in [9.17, 15) is 22.0 Å². The van der Waals surface area contributed by atoms with Crippen LogP contribution in [0.5, 0.6) is 0 Å². The van der Waals surface area contributed by atoms with Crippen LogP contribution in [0.3, 0.4) is 0 Å². The van der Waals surface area contributed by atoms with Crippen LogP contribution in [0.25, 0.3) is 0 Å². The predicted molar refractivity (Wildman–Crippen MR) is 53.6 cm³/mol. The predicted octanol–water partition coefficient (Wildman–Crippen LogP) is 4.14. The van der Waals surface area contributed by atoms with Gasteiger partial charge in [0.1, 0.15) is 0 Å². The van der Waals surface area contributed by atoms with Gasteiger partial charge < -0.3 is 5.32 Å². The summed E-state index contributed by atoms with van der Waals surface area (Å²) in [7, 11) is 0. The van der Waals surface area contributed by atoms with Gasteiger partial charge in [-0.05, 0) is 18.2 Å². The summed E-state index contributed by atoms with van der Waals surface area (Å²) in [5.41, 5.74) is -0.888. The number of hydrogen-bond donors (Lipinski definition) is 1. The second-order valence-corrected chi connectivity index (χ2v) is 3.91. The molecule has 0 aliphatic carbocycles. The van der Waals surface area contributed by atoms with Crippen molar-refractivity contribution in [2.45, 2.75) is 12.6 Å². The first kappa shape index (κ1) is 13.2. The van der Waals surface area contributed by atoms with Crippen LogP contribution in [0.1, 0.15) is 5.56 Å². The van der Waals surface area contributed by atoms with Crippen LogP contribution in [0, 0.1) is 0 Å². The fraction of sp³-hybridized carbons (Fsp3) is 0.333. The second kappa shape index (κ2) is 4.99. The number of hydrogen-bond acceptors (Lipinski definition) is 1. The summed E-state index contributed by atoms with van der Waals surface area (Å²) < 4.78 is 60.9. The maximum Gasteiger partial charge on any atom is 0.416 e. The van der Waals surface area contributed by atoms with Crippen molar-refractivity contribution in [3.05, 3.63) is 28.2 Å². The van der Waals surface area contributed by atoms with Crippen molar-refractivity contribution < 1.29 is 22.0 Å². The lowest BCUT2D eigenvalue weighted by atomic mass is 10.2. The lowest BCUT2D eigenvalue weighted by Gasteiger charge is -2.11. The summed E-state index contributed by atoms with van der Waals surface area (Å²) in [6.45, 7) is -0.687. The maximum absolute atomic E-state index is 12.3. The molecule has 1 nitrogen and oxygen atoms in total. The number of halogens is 6. The lowest BCUT2D eigenvalue weighted by Crippen LogP contribution is -2.11. The number of anilines is 1. The fourth-order valence-electron chi connectivity index (χ4n) is 1.05. The van der Waals surface area contributed by atoms with Gasteiger partial charge in [-0.15, -0.1) is 0 Å². The third-order valence-electron chi connectivity index (χ3n) is 1.69. The van der Waals surface area contributed by atoms with E-state index in [1.165, 1.54) is 6.07 Å². The lowest BCUT2D eigenvalue weighted by molar-refractivity contribution is -0.137. The molecule has 0 bridgehead atoms. The molecular formula is C9H7BrF5N. The first-order chi connectivity index (χ1) is 7.29. The van der Waals surface area contributed by atoms with E-state index in [-0.39, 0.29) is 10.2 Å². The molecule has 1 N–H and O–H groups in total. The van der Waals surface area contributed by atoms with E-state index in [4.69, 9.17) is 0 Å². The third kappa shape index (κ3) is 3.96. The average molecular weight is 304 g/mol. The fourth-order valence-corrected chi connectivity index (χ4v) is 1.54. The van der Waals surface area contributed by atoms with Crippen molar-refractivity contribution in [3.8, 4) is 0 Å². The van der Waals surface area contributed by atoms with Gasteiger partial charge in [-0.25, -0.2) is 8.78 Å². The van der Waals surface area contributed by atoms with E-state index in [2.05, 4.69) is 21.2 Å². The van der Waals surface area contributed by atoms with Gasteiger partial charge in [0.15, 0.2) is 0 Å². The summed E-state index contributed by atoms with van der Waals surface area (Å²) in [4.78, 5) is 0. The topological polar surface area (TPSA) is 12.0 Å². The Morgan fingerprint density at radius 1 is 1.19 bits per heavy atom. The van der Waals surface area contributed by atoms with Gasteiger partial charge >= 0.3 is 6.18 Å². The number of alkyl halides is 5. The Morgan fingerprint density at radius 3 is 2.31 bits per heavy atom. The summed E-state index contributed by atoms with van der Waals surface area (Å²) in [5.74, 6) is 0. The van der Waals surface area contributed by atoms with Gasteiger partial charge in [-0.1, -0.05) is 15.9 Å². The molecule has 0 amide bonds. The molecule has 0 radical (unpaired) electrons. The zero-order valence-electron chi connectivity index (χ0n) is 7.78. The van der Waals surface area contributed by atoms with Crippen molar-refractivity contribution in [1.82, 2.24) is 0 Å². The molecule has 0 atom stereocenters. The zero-order chi connectivity index (χ0) is 12.3. The molecule has 0 aromatic heterocycles. The van der Waals surface area contributed by atoms with E-state index in [0.29, 0.717) is 0 Å². The van der Waals surface area contributed by atoms with Crippen LogP contribution in [-0.4, -0.2) is 13.0 Å². The Bertz CT molecular complexity index is 363. The van der Waals surface area contributed by atoms with Gasteiger partial charge in [0, 0.05) is 10.2 Å². The molecular weight excluding hydrogens is 297 g/mol. The smallest absolute Gasteiger partial charge is 0.379 e. The molecule has 90 valence electrons. The second-order valence-electron chi connectivity index (χ2n) is 3.00. The van der Waals surface area contributed by atoms with Gasteiger partial charge in [-0.2, -0.15) is 13.2 Å². The van der Waals surface area contributed by atoms with Crippen LogP contribution in [0.15, 0.2) is 22.7 Å². The highest BCUT2D eigenvalue weighted by Crippen LogP contribution is 2.33. The third-order valence-corrected chi connectivity index (χ3v) is 2.14. The highest BCUT2D eigenvalue weighted by Gasteiger charge is 2.31. The van der Waals surface area contributed by atoms with Crippen molar-refractivity contribution >= 4 is 21.6 Å². The van der Waals surface area contributed by atoms with E-state index < -0.39 is 24.7 Å². The van der Waals surface area contributed by atoms with E-state index >= 15 is 0 Å². The molecule has 0 aliphatic rings. The first-order valence-electron chi connectivity index (χ1n) is 4.19. The number of benzene rings is 1. The Balaban J connectivity index is 2.90. The first-order valence-corrected chi connectivity index (χ1v) is 4.98. The molecule has 0 unspecified atom stereocenters. The Kier molecular flexibility index (Phi) is 4.12. The molecule has 0 fully saturated rings. The molecule has 0 saturated heterocycles. The van der Waals surface area contributed by atoms with E-state index in [1.807, 2.05) is 0 Å².